The molecule has 1 rings (SSSR count). The van der Waals surface area contributed by atoms with Gasteiger partial charge in [-0.1, -0.05) is 0 Å². The molecule has 9 heteroatoms. The number of H-pyrrole nitrogens is 1. The van der Waals surface area contributed by atoms with Gasteiger partial charge >= 0.3 is 5.97 Å². The molecule has 0 bridgehead atoms. The predicted molar refractivity (Wildman–Crippen MR) is 68.3 cm³/mol. The molecular formula is C9H15N3O4S2. The molecule has 0 fully saturated rings. The first kappa shape index (κ1) is 15.0. The van der Waals surface area contributed by atoms with E-state index >= 15 is 0 Å². The highest BCUT2D eigenvalue weighted by Crippen LogP contribution is 2.19. The minimum absolute atomic E-state index is 0.241. The highest BCUT2D eigenvalue weighted by molar-refractivity contribution is 7.98. The van der Waals surface area contributed by atoms with E-state index in [2.05, 4.69) is 10.2 Å². The van der Waals surface area contributed by atoms with Gasteiger partial charge in [-0.15, -0.1) is 0 Å². The summed E-state index contributed by atoms with van der Waals surface area (Å²) in [5, 5.41) is 14.2. The molecule has 7 nitrogen and oxygen atoms in total. The van der Waals surface area contributed by atoms with Gasteiger partial charge in [0.1, 0.15) is 5.56 Å². The van der Waals surface area contributed by atoms with E-state index in [0.29, 0.717) is 5.75 Å². The number of hydrogen-bond donors (Lipinski definition) is 2. The van der Waals surface area contributed by atoms with Crippen LogP contribution in [0.15, 0.2) is 11.2 Å². The fourth-order valence-electron chi connectivity index (χ4n) is 1.35. The number of carbonyl (C=O) groups is 1. The van der Waals surface area contributed by atoms with Crippen LogP contribution < -0.4 is 0 Å². The maximum Gasteiger partial charge on any atom is 0.340 e. The van der Waals surface area contributed by atoms with Crippen LogP contribution in [-0.4, -0.2) is 59.1 Å². The minimum Gasteiger partial charge on any atom is -0.478 e. The zero-order valence-electron chi connectivity index (χ0n) is 10.2. The molecule has 1 aromatic heterocycles. The van der Waals surface area contributed by atoms with Gasteiger partial charge in [0.25, 0.3) is 10.0 Å². The largest absolute Gasteiger partial charge is 0.478 e. The van der Waals surface area contributed by atoms with Crippen LogP contribution in [0.5, 0.6) is 0 Å². The quantitative estimate of drug-likeness (QED) is 0.790. The molecule has 1 heterocycles. The summed E-state index contributed by atoms with van der Waals surface area (Å²) in [5.74, 6) is -0.708. The summed E-state index contributed by atoms with van der Waals surface area (Å²) in [6, 6.07) is -0.241. The molecule has 1 atom stereocenters. The lowest BCUT2D eigenvalue weighted by molar-refractivity contribution is 0.0692. The average Bonchev–Trinajstić information content (AvgIpc) is 2.77. The molecule has 1 unspecified atom stereocenters. The number of hydrogen-bond acceptors (Lipinski definition) is 5. The molecule has 0 aliphatic heterocycles. The Morgan fingerprint density at radius 1 is 1.67 bits per heavy atom. The Labute approximate surface area is 110 Å². The van der Waals surface area contributed by atoms with Crippen LogP contribution in [0.3, 0.4) is 0 Å². The summed E-state index contributed by atoms with van der Waals surface area (Å²) in [4.78, 5) is 10.9. The van der Waals surface area contributed by atoms with E-state index in [1.807, 2.05) is 6.26 Å². The second kappa shape index (κ2) is 5.72. The van der Waals surface area contributed by atoms with Gasteiger partial charge in [0, 0.05) is 18.8 Å². The van der Waals surface area contributed by atoms with E-state index in [9.17, 15) is 13.2 Å². The summed E-state index contributed by atoms with van der Waals surface area (Å²) in [6.07, 6.45) is 2.86. The molecular weight excluding hydrogens is 278 g/mol. The van der Waals surface area contributed by atoms with E-state index in [0.717, 1.165) is 10.5 Å². The smallest absolute Gasteiger partial charge is 0.340 e. The maximum atomic E-state index is 12.2. The van der Waals surface area contributed by atoms with Crippen molar-refractivity contribution in [1.29, 1.82) is 0 Å². The Bertz CT molecular complexity index is 526. The molecule has 0 radical (unpaired) electrons. The number of carboxylic acids is 1. The molecule has 0 spiro atoms. The van der Waals surface area contributed by atoms with Gasteiger partial charge < -0.3 is 5.11 Å². The zero-order chi connectivity index (χ0) is 13.9. The van der Waals surface area contributed by atoms with Gasteiger partial charge in [0.05, 0.1) is 6.20 Å². The first-order valence-corrected chi connectivity index (χ1v) is 7.89. The van der Waals surface area contributed by atoms with Crippen molar-refractivity contribution in [3.05, 3.63) is 11.8 Å². The Morgan fingerprint density at radius 2 is 2.28 bits per heavy atom. The Hall–Kier alpha value is -1.06. The van der Waals surface area contributed by atoms with Crippen LogP contribution >= 0.6 is 11.8 Å². The van der Waals surface area contributed by atoms with Gasteiger partial charge in [-0.2, -0.15) is 21.2 Å². The van der Waals surface area contributed by atoms with E-state index in [-0.39, 0.29) is 16.6 Å². The summed E-state index contributed by atoms with van der Waals surface area (Å²) in [5.41, 5.74) is -0.349. The predicted octanol–water partition coefficient (Wildman–Crippen LogP) is 0.480. The topological polar surface area (TPSA) is 103 Å². The van der Waals surface area contributed by atoms with Crippen molar-refractivity contribution in [2.45, 2.75) is 18.0 Å². The van der Waals surface area contributed by atoms with Crippen molar-refractivity contribution in [3.63, 3.8) is 0 Å². The molecule has 2 N–H and O–H groups in total. The fraction of sp³-hybridized carbons (Fsp3) is 0.556. The molecule has 0 aliphatic rings. The standard InChI is InChI=1S/C9H15N3O4S2/c1-6(5-17-3)12(2)18(15,16)8-7(9(13)14)4-10-11-8/h4,6H,5H2,1-3H3,(H,10,11)(H,13,14). The van der Waals surface area contributed by atoms with E-state index in [1.54, 1.807) is 6.92 Å². The van der Waals surface area contributed by atoms with Gasteiger partial charge in [-0.25, -0.2) is 13.2 Å². The lowest BCUT2D eigenvalue weighted by atomic mass is 10.4. The number of aromatic amines is 1. The molecule has 0 aromatic carbocycles. The third-order valence-corrected chi connectivity index (χ3v) is 5.26. The van der Waals surface area contributed by atoms with Crippen molar-refractivity contribution in [3.8, 4) is 0 Å². The summed E-state index contributed by atoms with van der Waals surface area (Å²) in [7, 11) is -2.45. The van der Waals surface area contributed by atoms with Gasteiger partial charge in [0.15, 0.2) is 5.03 Å². The van der Waals surface area contributed by atoms with Crippen molar-refractivity contribution in [1.82, 2.24) is 14.5 Å². The minimum atomic E-state index is -3.87. The van der Waals surface area contributed by atoms with Crippen molar-refractivity contribution < 1.29 is 18.3 Å². The molecule has 18 heavy (non-hydrogen) atoms. The highest BCUT2D eigenvalue weighted by atomic mass is 32.2. The molecule has 0 saturated heterocycles. The van der Waals surface area contributed by atoms with Crippen molar-refractivity contribution in [2.24, 2.45) is 0 Å². The van der Waals surface area contributed by atoms with E-state index < -0.39 is 16.0 Å². The SMILES string of the molecule is CSCC(C)N(C)S(=O)(=O)c1[nH]ncc1C(=O)O. The fourth-order valence-corrected chi connectivity index (χ4v) is 3.57. The van der Waals surface area contributed by atoms with Crippen LogP contribution in [0.2, 0.25) is 0 Å². The lowest BCUT2D eigenvalue weighted by Gasteiger charge is -2.22. The Morgan fingerprint density at radius 3 is 2.78 bits per heavy atom. The highest BCUT2D eigenvalue weighted by Gasteiger charge is 2.31. The van der Waals surface area contributed by atoms with Crippen LogP contribution in [0.4, 0.5) is 0 Å². The summed E-state index contributed by atoms with van der Waals surface area (Å²) < 4.78 is 25.6. The molecule has 0 aliphatic carbocycles. The zero-order valence-corrected chi connectivity index (χ0v) is 11.9. The first-order chi connectivity index (χ1) is 8.32. The molecule has 1 aromatic rings. The van der Waals surface area contributed by atoms with Crippen LogP contribution in [0.1, 0.15) is 17.3 Å². The summed E-state index contributed by atoms with van der Waals surface area (Å²) >= 11 is 1.51. The van der Waals surface area contributed by atoms with Crippen molar-refractivity contribution in [2.75, 3.05) is 19.1 Å². The molecule has 102 valence electrons. The first-order valence-electron chi connectivity index (χ1n) is 5.06. The number of sulfonamides is 1. The van der Waals surface area contributed by atoms with Crippen LogP contribution in [-0.2, 0) is 10.0 Å². The maximum absolute atomic E-state index is 12.2. The average molecular weight is 293 g/mol. The number of nitrogens with one attached hydrogen (secondary N) is 1. The second-order valence-electron chi connectivity index (χ2n) is 3.74. The number of carboxylic acid groups (broad SMARTS) is 1. The van der Waals surface area contributed by atoms with Crippen LogP contribution in [0, 0.1) is 0 Å². The monoisotopic (exact) mass is 293 g/mol. The third-order valence-electron chi connectivity index (χ3n) is 2.50. The number of thioether (sulfide) groups is 1. The molecule has 0 amide bonds. The second-order valence-corrected chi connectivity index (χ2v) is 6.59. The molecule has 0 saturated carbocycles. The van der Waals surface area contributed by atoms with Crippen molar-refractivity contribution >= 4 is 27.8 Å². The van der Waals surface area contributed by atoms with Crippen LogP contribution in [0.25, 0.3) is 0 Å². The summed E-state index contributed by atoms with van der Waals surface area (Å²) in [6.45, 7) is 1.75. The van der Waals surface area contributed by atoms with Gasteiger partial charge in [-0.3, -0.25) is 5.10 Å². The normalized spacial score (nSPS) is 13.8. The number of rotatable bonds is 6. The van der Waals surface area contributed by atoms with E-state index in [1.165, 1.54) is 18.8 Å². The van der Waals surface area contributed by atoms with E-state index in [4.69, 9.17) is 5.11 Å². The van der Waals surface area contributed by atoms with Gasteiger partial charge in [0.2, 0.25) is 0 Å². The number of aromatic carboxylic acids is 1. The lowest BCUT2D eigenvalue weighted by Crippen LogP contribution is -2.37. The Balaban J connectivity index is 3.13. The third kappa shape index (κ3) is 2.85. The number of nitrogens with zero attached hydrogens (tertiary/aromatic N) is 2. The van der Waals surface area contributed by atoms with Gasteiger partial charge in [-0.05, 0) is 13.2 Å². The number of aromatic nitrogens is 2. The Kier molecular flexibility index (Phi) is 4.77.